The molecule has 1 aliphatic carbocycles. The van der Waals surface area contributed by atoms with Crippen LogP contribution in [0.1, 0.15) is 49.7 Å². The van der Waals surface area contributed by atoms with Gasteiger partial charge in [0.1, 0.15) is 5.92 Å². The van der Waals surface area contributed by atoms with Gasteiger partial charge in [0.15, 0.2) is 0 Å². The molecule has 3 fully saturated rings. The molecule has 3 aliphatic rings. The minimum absolute atomic E-state index is 0.0657. The Morgan fingerprint density at radius 2 is 1.61 bits per heavy atom. The lowest BCUT2D eigenvalue weighted by Crippen LogP contribution is -2.56. The first-order chi connectivity index (χ1) is 15.7. The number of hydrogen-bond donors (Lipinski definition) is 0. The predicted octanol–water partition coefficient (Wildman–Crippen LogP) is 2.31. The monoisotopic (exact) mass is 476 g/mol. The highest BCUT2D eigenvalue weighted by Gasteiger charge is 2.42. The lowest BCUT2D eigenvalue weighted by atomic mass is 9.96. The molecular formula is C24H36N4O4S. The number of piperazine rings is 1. The third kappa shape index (κ3) is 4.81. The quantitative estimate of drug-likeness (QED) is 0.611. The maximum absolute atomic E-state index is 13.1. The molecule has 4 rings (SSSR count). The largest absolute Gasteiger partial charge is 0.339 e. The maximum Gasteiger partial charge on any atom is 0.282 e. The second kappa shape index (κ2) is 9.72. The molecule has 1 aromatic carbocycles. The van der Waals surface area contributed by atoms with Gasteiger partial charge >= 0.3 is 0 Å². The fourth-order valence-electron chi connectivity index (χ4n) is 5.23. The van der Waals surface area contributed by atoms with E-state index in [1.54, 1.807) is 16.8 Å². The third-order valence-electron chi connectivity index (χ3n) is 7.64. The number of aryl methyl sites for hydroxylation is 2. The Balaban J connectivity index is 1.35. The van der Waals surface area contributed by atoms with Gasteiger partial charge in [-0.2, -0.15) is 17.0 Å². The van der Waals surface area contributed by atoms with Gasteiger partial charge in [-0.1, -0.05) is 25.3 Å². The number of rotatable bonds is 5. The van der Waals surface area contributed by atoms with Gasteiger partial charge in [-0.3, -0.25) is 9.59 Å². The van der Waals surface area contributed by atoms with Crippen LogP contribution in [0.5, 0.6) is 0 Å². The van der Waals surface area contributed by atoms with Crippen LogP contribution in [0.4, 0.5) is 5.69 Å². The van der Waals surface area contributed by atoms with E-state index < -0.39 is 16.1 Å². The van der Waals surface area contributed by atoms with Crippen molar-refractivity contribution in [3.63, 3.8) is 0 Å². The van der Waals surface area contributed by atoms with E-state index >= 15 is 0 Å². The summed E-state index contributed by atoms with van der Waals surface area (Å²) in [6, 6.07) is 5.99. The third-order valence-corrected chi connectivity index (χ3v) is 9.68. The summed E-state index contributed by atoms with van der Waals surface area (Å²) in [7, 11) is -1.86. The molecule has 2 aliphatic heterocycles. The minimum atomic E-state index is -3.54. The van der Waals surface area contributed by atoms with Crippen molar-refractivity contribution in [3.8, 4) is 0 Å². The van der Waals surface area contributed by atoms with Crippen molar-refractivity contribution in [2.45, 2.75) is 58.4 Å². The Hall–Kier alpha value is -1.97. The van der Waals surface area contributed by atoms with Crippen LogP contribution in [0.2, 0.25) is 0 Å². The second-order valence-electron chi connectivity index (χ2n) is 9.64. The molecule has 1 unspecified atom stereocenters. The van der Waals surface area contributed by atoms with Crippen LogP contribution in [0.3, 0.4) is 0 Å². The normalized spacial score (nSPS) is 23.5. The number of amides is 2. The molecule has 1 saturated carbocycles. The van der Waals surface area contributed by atoms with E-state index in [-0.39, 0.29) is 30.9 Å². The summed E-state index contributed by atoms with van der Waals surface area (Å²) in [6.07, 6.45) is 5.63. The van der Waals surface area contributed by atoms with E-state index in [0.717, 1.165) is 36.9 Å². The molecule has 9 heteroatoms. The van der Waals surface area contributed by atoms with Crippen molar-refractivity contribution >= 4 is 27.7 Å². The van der Waals surface area contributed by atoms with E-state index in [0.29, 0.717) is 26.1 Å². The van der Waals surface area contributed by atoms with Crippen molar-refractivity contribution in [3.05, 3.63) is 29.3 Å². The number of hydrogen-bond acceptors (Lipinski definition) is 4. The molecule has 0 radical (unpaired) electrons. The van der Waals surface area contributed by atoms with Crippen molar-refractivity contribution in [2.75, 3.05) is 44.7 Å². The summed E-state index contributed by atoms with van der Waals surface area (Å²) < 4.78 is 29.2. The molecule has 2 heterocycles. The smallest absolute Gasteiger partial charge is 0.282 e. The molecule has 0 bridgehead atoms. The SMILES string of the molecule is Cc1ccc(N2CCC(C(=O)N3CCN(S(=O)(=O)N(C)C4CCCCC4)CC3)C2=O)cc1C. The second-order valence-corrected chi connectivity index (χ2v) is 11.6. The van der Waals surface area contributed by atoms with Gasteiger partial charge in [0.25, 0.3) is 10.2 Å². The molecule has 0 spiro atoms. The molecular weight excluding hydrogens is 440 g/mol. The minimum Gasteiger partial charge on any atom is -0.339 e. The van der Waals surface area contributed by atoms with Crippen molar-refractivity contribution < 1.29 is 18.0 Å². The predicted molar refractivity (Wildman–Crippen MR) is 128 cm³/mol. The maximum atomic E-state index is 13.1. The van der Waals surface area contributed by atoms with Crippen LogP contribution in [-0.4, -0.2) is 79.6 Å². The Kier molecular flexibility index (Phi) is 7.12. The van der Waals surface area contributed by atoms with Crippen molar-refractivity contribution in [2.24, 2.45) is 5.92 Å². The number of benzene rings is 1. The van der Waals surface area contributed by atoms with Crippen LogP contribution in [-0.2, 0) is 19.8 Å². The van der Waals surface area contributed by atoms with Crippen LogP contribution >= 0.6 is 0 Å². The number of anilines is 1. The van der Waals surface area contributed by atoms with Gasteiger partial charge in [-0.25, -0.2) is 0 Å². The van der Waals surface area contributed by atoms with Gasteiger partial charge in [-0.05, 0) is 56.4 Å². The van der Waals surface area contributed by atoms with Gasteiger partial charge in [0.05, 0.1) is 0 Å². The average Bonchev–Trinajstić information content (AvgIpc) is 3.21. The zero-order chi connectivity index (χ0) is 23.8. The van der Waals surface area contributed by atoms with E-state index in [1.807, 2.05) is 32.0 Å². The lowest BCUT2D eigenvalue weighted by molar-refractivity contribution is -0.140. The zero-order valence-electron chi connectivity index (χ0n) is 20.0. The highest BCUT2D eigenvalue weighted by atomic mass is 32.2. The highest BCUT2D eigenvalue weighted by Crippen LogP contribution is 2.29. The first-order valence-corrected chi connectivity index (χ1v) is 13.5. The first kappa shape index (κ1) is 24.2. The highest BCUT2D eigenvalue weighted by molar-refractivity contribution is 7.86. The standard InChI is InChI=1S/C24H36N4O4S/c1-18-9-10-21(17-19(18)2)28-12-11-22(24(28)30)23(29)26-13-15-27(16-14-26)33(31,32)25(3)20-7-5-4-6-8-20/h9-10,17,20,22H,4-8,11-16H2,1-3H3. The van der Waals surface area contributed by atoms with Crippen LogP contribution in [0.15, 0.2) is 18.2 Å². The zero-order valence-corrected chi connectivity index (χ0v) is 20.8. The fraction of sp³-hybridized carbons (Fsp3) is 0.667. The molecule has 8 nitrogen and oxygen atoms in total. The Morgan fingerprint density at radius 3 is 2.24 bits per heavy atom. The number of carbonyl (C=O) groups excluding carboxylic acids is 2. The molecule has 33 heavy (non-hydrogen) atoms. The molecule has 1 aromatic rings. The van der Waals surface area contributed by atoms with E-state index in [2.05, 4.69) is 0 Å². The van der Waals surface area contributed by atoms with Crippen LogP contribution < -0.4 is 4.90 Å². The Labute approximate surface area is 197 Å². The van der Waals surface area contributed by atoms with Crippen molar-refractivity contribution in [1.82, 2.24) is 13.5 Å². The Bertz CT molecular complexity index is 998. The van der Waals surface area contributed by atoms with Gasteiger partial charge in [-0.15, -0.1) is 0 Å². The summed E-state index contributed by atoms with van der Waals surface area (Å²) in [5, 5.41) is 0. The van der Waals surface area contributed by atoms with Crippen LogP contribution in [0, 0.1) is 19.8 Å². The van der Waals surface area contributed by atoms with Crippen LogP contribution in [0.25, 0.3) is 0 Å². The average molecular weight is 477 g/mol. The first-order valence-electron chi connectivity index (χ1n) is 12.1. The molecule has 2 amide bonds. The summed E-state index contributed by atoms with van der Waals surface area (Å²) in [5.74, 6) is -1.01. The van der Waals surface area contributed by atoms with Gasteiger partial charge in [0.2, 0.25) is 11.8 Å². The molecule has 182 valence electrons. The van der Waals surface area contributed by atoms with Gasteiger partial charge < -0.3 is 9.80 Å². The molecule has 1 atom stereocenters. The lowest BCUT2D eigenvalue weighted by Gasteiger charge is -2.39. The number of carbonyl (C=O) groups is 2. The topological polar surface area (TPSA) is 81.2 Å². The number of nitrogens with zero attached hydrogens (tertiary/aromatic N) is 4. The molecule has 0 N–H and O–H groups in total. The fourth-order valence-corrected chi connectivity index (χ4v) is 6.81. The van der Waals surface area contributed by atoms with E-state index in [4.69, 9.17) is 0 Å². The summed E-state index contributed by atoms with van der Waals surface area (Å²) in [4.78, 5) is 29.6. The van der Waals surface area contributed by atoms with Gasteiger partial charge in [0, 0.05) is 51.5 Å². The molecule has 2 saturated heterocycles. The summed E-state index contributed by atoms with van der Waals surface area (Å²) in [6.45, 7) is 5.76. The Morgan fingerprint density at radius 1 is 0.939 bits per heavy atom. The summed E-state index contributed by atoms with van der Waals surface area (Å²) in [5.41, 5.74) is 3.12. The van der Waals surface area contributed by atoms with E-state index in [1.165, 1.54) is 20.6 Å². The summed E-state index contributed by atoms with van der Waals surface area (Å²) >= 11 is 0. The molecule has 0 aromatic heterocycles. The van der Waals surface area contributed by atoms with E-state index in [9.17, 15) is 18.0 Å². The van der Waals surface area contributed by atoms with Crippen molar-refractivity contribution in [1.29, 1.82) is 0 Å².